The van der Waals surface area contributed by atoms with Gasteiger partial charge in [0.2, 0.25) is 0 Å². The molecule has 1 aliphatic rings. The van der Waals surface area contributed by atoms with Crippen molar-refractivity contribution in [3.05, 3.63) is 40.3 Å². The fourth-order valence-corrected chi connectivity index (χ4v) is 2.54. The molecule has 0 saturated heterocycles. The zero-order valence-corrected chi connectivity index (χ0v) is 10.6. The van der Waals surface area contributed by atoms with Gasteiger partial charge in [-0.05, 0) is 30.4 Å². The van der Waals surface area contributed by atoms with Gasteiger partial charge in [-0.25, -0.2) is 0 Å². The summed E-state index contributed by atoms with van der Waals surface area (Å²) in [6.45, 7) is 1.89. The first-order chi connectivity index (χ1) is 8.40. The van der Waals surface area contributed by atoms with Crippen LogP contribution in [0.1, 0.15) is 23.4 Å². The van der Waals surface area contributed by atoms with Crippen LogP contribution >= 0.6 is 11.3 Å². The number of hydrogen-bond donors (Lipinski definition) is 1. The first-order valence-electron chi connectivity index (χ1n) is 6.18. The molecule has 17 heavy (non-hydrogen) atoms. The van der Waals surface area contributed by atoms with Gasteiger partial charge in [0.05, 0.1) is 5.69 Å². The van der Waals surface area contributed by atoms with E-state index < -0.39 is 0 Å². The van der Waals surface area contributed by atoms with Gasteiger partial charge < -0.3 is 5.32 Å². The molecule has 1 fully saturated rings. The van der Waals surface area contributed by atoms with E-state index in [1.54, 1.807) is 0 Å². The predicted octanol–water partition coefficient (Wildman–Crippen LogP) is 2.44. The maximum atomic E-state index is 4.57. The summed E-state index contributed by atoms with van der Waals surface area (Å²) in [5, 5.41) is 10.2. The van der Waals surface area contributed by atoms with Crippen LogP contribution < -0.4 is 5.32 Å². The quantitative estimate of drug-likeness (QED) is 0.849. The summed E-state index contributed by atoms with van der Waals surface area (Å²) in [6, 6.07) is 7.16. The molecule has 0 amide bonds. The van der Waals surface area contributed by atoms with Crippen LogP contribution in [0.2, 0.25) is 0 Å². The average molecular weight is 247 g/mol. The van der Waals surface area contributed by atoms with Crippen molar-refractivity contribution in [3.63, 3.8) is 0 Å². The molecule has 3 nitrogen and oxygen atoms in total. The molecular formula is C13H17N3S. The minimum atomic E-state index is 0.756. The van der Waals surface area contributed by atoms with Gasteiger partial charge in [0.15, 0.2) is 0 Å². The second-order valence-electron chi connectivity index (χ2n) is 4.55. The Labute approximate surface area is 105 Å². The lowest BCUT2D eigenvalue weighted by molar-refractivity contribution is 0.593. The second kappa shape index (κ2) is 5.02. The van der Waals surface area contributed by atoms with Gasteiger partial charge in [0, 0.05) is 36.6 Å². The molecule has 0 aliphatic heterocycles. The molecule has 1 aliphatic carbocycles. The lowest BCUT2D eigenvalue weighted by Crippen LogP contribution is -2.16. The Morgan fingerprint density at radius 2 is 2.35 bits per heavy atom. The normalized spacial score (nSPS) is 15.3. The van der Waals surface area contributed by atoms with Gasteiger partial charge in [0.1, 0.15) is 0 Å². The maximum Gasteiger partial charge on any atom is 0.0762 e. The van der Waals surface area contributed by atoms with E-state index in [1.807, 2.05) is 16.0 Å². The molecule has 2 aromatic rings. The van der Waals surface area contributed by atoms with Crippen molar-refractivity contribution in [1.29, 1.82) is 0 Å². The summed E-state index contributed by atoms with van der Waals surface area (Å²) in [6.07, 6.45) is 5.82. The monoisotopic (exact) mass is 247 g/mol. The van der Waals surface area contributed by atoms with Crippen molar-refractivity contribution in [3.8, 4) is 0 Å². The minimum Gasteiger partial charge on any atom is -0.308 e. The van der Waals surface area contributed by atoms with Crippen LogP contribution in [0.4, 0.5) is 0 Å². The van der Waals surface area contributed by atoms with Crippen LogP contribution in [0, 0.1) is 0 Å². The van der Waals surface area contributed by atoms with Crippen molar-refractivity contribution < 1.29 is 0 Å². The molecule has 1 saturated carbocycles. The summed E-state index contributed by atoms with van der Waals surface area (Å²) in [5.74, 6) is 0. The first kappa shape index (κ1) is 11.0. The summed E-state index contributed by atoms with van der Waals surface area (Å²) in [4.78, 5) is 1.43. The van der Waals surface area contributed by atoms with E-state index >= 15 is 0 Å². The van der Waals surface area contributed by atoms with Gasteiger partial charge in [0.25, 0.3) is 0 Å². The Bertz CT molecular complexity index is 457. The third kappa shape index (κ3) is 3.17. The number of nitrogens with zero attached hydrogens (tertiary/aromatic N) is 2. The van der Waals surface area contributed by atoms with Crippen LogP contribution in [0.3, 0.4) is 0 Å². The molecule has 0 bridgehead atoms. The van der Waals surface area contributed by atoms with Gasteiger partial charge in [-0.3, -0.25) is 4.68 Å². The van der Waals surface area contributed by atoms with E-state index in [0.29, 0.717) is 0 Å². The SMILES string of the molecule is c1csc(CCn2ccc(CNC3CC3)n2)c1. The van der Waals surface area contributed by atoms with Gasteiger partial charge in [-0.15, -0.1) is 11.3 Å². The second-order valence-corrected chi connectivity index (χ2v) is 5.59. The molecule has 4 heteroatoms. The van der Waals surface area contributed by atoms with Gasteiger partial charge in [-0.2, -0.15) is 5.10 Å². The highest BCUT2D eigenvalue weighted by atomic mass is 32.1. The Morgan fingerprint density at radius 3 is 3.12 bits per heavy atom. The zero-order chi connectivity index (χ0) is 11.5. The van der Waals surface area contributed by atoms with Gasteiger partial charge >= 0.3 is 0 Å². The number of hydrogen-bond acceptors (Lipinski definition) is 3. The fraction of sp³-hybridized carbons (Fsp3) is 0.462. The number of rotatable bonds is 6. The van der Waals surface area contributed by atoms with Crippen LogP contribution in [-0.4, -0.2) is 15.8 Å². The molecule has 90 valence electrons. The highest BCUT2D eigenvalue weighted by Crippen LogP contribution is 2.19. The number of nitrogens with one attached hydrogen (secondary N) is 1. The van der Waals surface area contributed by atoms with Crippen molar-refractivity contribution in [1.82, 2.24) is 15.1 Å². The standard InChI is InChI=1S/C13H17N3S/c1-2-13(17-9-1)6-8-16-7-5-12(15-16)10-14-11-3-4-11/h1-2,5,7,9,11,14H,3-4,6,8,10H2. The molecule has 0 spiro atoms. The van der Waals surface area contributed by atoms with E-state index in [2.05, 4.69) is 40.2 Å². The number of aryl methyl sites for hydroxylation is 2. The van der Waals surface area contributed by atoms with Crippen LogP contribution in [-0.2, 0) is 19.5 Å². The molecule has 2 heterocycles. The third-order valence-electron chi connectivity index (χ3n) is 3.01. The van der Waals surface area contributed by atoms with Crippen LogP contribution in [0.5, 0.6) is 0 Å². The largest absolute Gasteiger partial charge is 0.308 e. The van der Waals surface area contributed by atoms with E-state index in [9.17, 15) is 0 Å². The Morgan fingerprint density at radius 1 is 1.41 bits per heavy atom. The number of thiophene rings is 1. The molecule has 1 N–H and O–H groups in total. The highest BCUT2D eigenvalue weighted by Gasteiger charge is 2.20. The molecule has 0 radical (unpaired) electrons. The smallest absolute Gasteiger partial charge is 0.0762 e. The fourth-order valence-electron chi connectivity index (χ4n) is 1.84. The lowest BCUT2D eigenvalue weighted by atomic mass is 10.3. The van der Waals surface area contributed by atoms with E-state index in [1.165, 1.54) is 17.7 Å². The van der Waals surface area contributed by atoms with E-state index in [-0.39, 0.29) is 0 Å². The Kier molecular flexibility index (Phi) is 3.25. The predicted molar refractivity (Wildman–Crippen MR) is 70.1 cm³/mol. The molecular weight excluding hydrogens is 230 g/mol. The summed E-state index contributed by atoms with van der Waals surface area (Å²) in [7, 11) is 0. The van der Waals surface area contributed by atoms with E-state index in [4.69, 9.17) is 0 Å². The zero-order valence-electron chi connectivity index (χ0n) is 9.80. The lowest BCUT2D eigenvalue weighted by Gasteiger charge is -2.00. The van der Waals surface area contributed by atoms with Gasteiger partial charge in [-0.1, -0.05) is 6.07 Å². The summed E-state index contributed by atoms with van der Waals surface area (Å²) >= 11 is 1.82. The molecule has 2 aromatic heterocycles. The highest BCUT2D eigenvalue weighted by molar-refractivity contribution is 7.09. The summed E-state index contributed by atoms with van der Waals surface area (Å²) in [5.41, 5.74) is 1.16. The average Bonchev–Trinajstić information content (AvgIpc) is 2.86. The Hall–Kier alpha value is -1.13. The van der Waals surface area contributed by atoms with Crippen molar-refractivity contribution in [2.45, 2.75) is 38.4 Å². The topological polar surface area (TPSA) is 29.9 Å². The van der Waals surface area contributed by atoms with Crippen molar-refractivity contribution in [2.24, 2.45) is 0 Å². The number of aromatic nitrogens is 2. The molecule has 0 unspecified atom stereocenters. The molecule has 3 rings (SSSR count). The minimum absolute atomic E-state index is 0.756. The first-order valence-corrected chi connectivity index (χ1v) is 7.06. The molecule has 0 aromatic carbocycles. The van der Waals surface area contributed by atoms with Crippen LogP contribution in [0.25, 0.3) is 0 Å². The van der Waals surface area contributed by atoms with E-state index in [0.717, 1.165) is 31.2 Å². The summed E-state index contributed by atoms with van der Waals surface area (Å²) < 4.78 is 2.05. The van der Waals surface area contributed by atoms with Crippen LogP contribution in [0.15, 0.2) is 29.8 Å². The Balaban J connectivity index is 1.49. The maximum absolute atomic E-state index is 4.57. The van der Waals surface area contributed by atoms with Crippen molar-refractivity contribution >= 4 is 11.3 Å². The van der Waals surface area contributed by atoms with Crippen molar-refractivity contribution in [2.75, 3.05) is 0 Å². The third-order valence-corrected chi connectivity index (χ3v) is 3.95. The molecule has 0 atom stereocenters.